The van der Waals surface area contributed by atoms with E-state index in [0.29, 0.717) is 11.3 Å². The molecule has 0 aliphatic heterocycles. The van der Waals surface area contributed by atoms with Gasteiger partial charge in [0.1, 0.15) is 5.75 Å². The number of nitrogens with one attached hydrogen (secondary N) is 1. The van der Waals surface area contributed by atoms with Gasteiger partial charge in [-0.1, -0.05) is 6.07 Å². The number of carbonyl (C=O) groups is 1. The molecule has 94 valence electrons. The van der Waals surface area contributed by atoms with Gasteiger partial charge < -0.3 is 10.2 Å². The number of carboxylic acids is 1. The highest BCUT2D eigenvalue weighted by molar-refractivity contribution is 5.67. The van der Waals surface area contributed by atoms with Crippen molar-refractivity contribution in [1.82, 2.24) is 9.78 Å². The molecule has 0 saturated carbocycles. The minimum atomic E-state index is -0.945. The van der Waals surface area contributed by atoms with E-state index in [-0.39, 0.29) is 24.2 Å². The van der Waals surface area contributed by atoms with E-state index in [0.717, 1.165) is 0 Å². The van der Waals surface area contributed by atoms with Gasteiger partial charge in [-0.05, 0) is 18.6 Å². The van der Waals surface area contributed by atoms with Crippen LogP contribution in [0.4, 0.5) is 0 Å². The number of carboxylic acid groups (broad SMARTS) is 1. The molecule has 2 rings (SSSR count). The third-order valence-electron chi connectivity index (χ3n) is 2.54. The minimum absolute atomic E-state index is 0.0566. The number of aromatic amines is 1. The van der Waals surface area contributed by atoms with Gasteiger partial charge in [0.25, 0.3) is 5.56 Å². The van der Waals surface area contributed by atoms with Gasteiger partial charge >= 0.3 is 5.97 Å². The maximum absolute atomic E-state index is 12.0. The second-order valence-electron chi connectivity index (χ2n) is 3.85. The largest absolute Gasteiger partial charge is 0.508 e. The maximum Gasteiger partial charge on any atom is 0.303 e. The number of aromatic hydroxyl groups is 1. The molecule has 0 unspecified atom stereocenters. The standard InChI is InChI=1S/C12H12N2O4/c15-10-3-1-2-9(6-10)14-12(18)8(7-13-14)4-5-11(16)17/h1-3,6-7,13,15H,4-5H2,(H,16,17). The molecule has 1 heterocycles. The van der Waals surface area contributed by atoms with Crippen molar-refractivity contribution in [2.45, 2.75) is 12.8 Å². The Kier molecular flexibility index (Phi) is 3.18. The molecule has 0 fully saturated rings. The van der Waals surface area contributed by atoms with Crippen molar-refractivity contribution >= 4 is 5.97 Å². The quantitative estimate of drug-likeness (QED) is 0.748. The third kappa shape index (κ3) is 2.42. The van der Waals surface area contributed by atoms with Crippen LogP contribution < -0.4 is 5.56 Å². The molecule has 1 aromatic carbocycles. The second-order valence-corrected chi connectivity index (χ2v) is 3.85. The Morgan fingerprint density at radius 2 is 2.17 bits per heavy atom. The smallest absolute Gasteiger partial charge is 0.303 e. The highest BCUT2D eigenvalue weighted by Gasteiger charge is 2.09. The van der Waals surface area contributed by atoms with Crippen LogP contribution in [0.5, 0.6) is 5.75 Å². The first-order valence-corrected chi connectivity index (χ1v) is 5.38. The Hall–Kier alpha value is -2.50. The molecule has 0 amide bonds. The number of hydrogen-bond donors (Lipinski definition) is 3. The Balaban J connectivity index is 2.31. The molecule has 0 saturated heterocycles. The van der Waals surface area contributed by atoms with E-state index in [1.807, 2.05) is 0 Å². The number of H-pyrrole nitrogens is 1. The van der Waals surface area contributed by atoms with Crippen LogP contribution in [0.15, 0.2) is 35.3 Å². The monoisotopic (exact) mass is 248 g/mol. The number of benzene rings is 1. The molecule has 3 N–H and O–H groups in total. The predicted octanol–water partition coefficient (Wildman–Crippen LogP) is 0.888. The average Bonchev–Trinajstić information content (AvgIpc) is 2.68. The molecule has 0 spiro atoms. The lowest BCUT2D eigenvalue weighted by Crippen LogP contribution is -2.17. The maximum atomic E-state index is 12.0. The summed E-state index contributed by atoms with van der Waals surface area (Å²) in [6.45, 7) is 0. The fourth-order valence-electron chi connectivity index (χ4n) is 1.65. The first-order valence-electron chi connectivity index (χ1n) is 5.38. The van der Waals surface area contributed by atoms with Crippen LogP contribution in [0.25, 0.3) is 5.69 Å². The summed E-state index contributed by atoms with van der Waals surface area (Å²) in [5.74, 6) is -0.888. The van der Waals surface area contributed by atoms with Gasteiger partial charge in [0.2, 0.25) is 0 Å². The Morgan fingerprint density at radius 1 is 1.39 bits per heavy atom. The number of phenolic OH excluding ortho intramolecular Hbond substituents is 1. The summed E-state index contributed by atoms with van der Waals surface area (Å²) in [7, 11) is 0. The van der Waals surface area contributed by atoms with Crippen LogP contribution in [-0.2, 0) is 11.2 Å². The minimum Gasteiger partial charge on any atom is -0.508 e. The normalized spacial score (nSPS) is 10.4. The summed E-state index contributed by atoms with van der Waals surface area (Å²) in [5.41, 5.74) is 0.601. The summed E-state index contributed by atoms with van der Waals surface area (Å²) in [5, 5.41) is 20.7. The molecule has 6 heteroatoms. The summed E-state index contributed by atoms with van der Waals surface area (Å²) in [6, 6.07) is 6.23. The van der Waals surface area contributed by atoms with Crippen molar-refractivity contribution in [1.29, 1.82) is 0 Å². The SMILES string of the molecule is O=C(O)CCc1c[nH]n(-c2cccc(O)c2)c1=O. The molecule has 0 bridgehead atoms. The van der Waals surface area contributed by atoms with E-state index in [9.17, 15) is 14.7 Å². The average molecular weight is 248 g/mol. The number of nitrogens with zero attached hydrogens (tertiary/aromatic N) is 1. The zero-order valence-corrected chi connectivity index (χ0v) is 9.46. The number of rotatable bonds is 4. The van der Waals surface area contributed by atoms with E-state index >= 15 is 0 Å². The van der Waals surface area contributed by atoms with Crippen molar-refractivity contribution in [2.75, 3.05) is 0 Å². The fourth-order valence-corrected chi connectivity index (χ4v) is 1.65. The van der Waals surface area contributed by atoms with Gasteiger partial charge in [0.05, 0.1) is 5.69 Å². The van der Waals surface area contributed by atoms with Gasteiger partial charge in [-0.15, -0.1) is 0 Å². The number of aryl methyl sites for hydroxylation is 1. The Morgan fingerprint density at radius 3 is 2.83 bits per heavy atom. The molecule has 2 aromatic rings. The van der Waals surface area contributed by atoms with Crippen molar-refractivity contribution in [3.8, 4) is 11.4 Å². The van der Waals surface area contributed by atoms with Gasteiger partial charge in [-0.2, -0.15) is 0 Å². The molecule has 0 atom stereocenters. The molecule has 0 aliphatic rings. The number of phenols is 1. The first-order chi connectivity index (χ1) is 8.58. The lowest BCUT2D eigenvalue weighted by molar-refractivity contribution is -0.136. The summed E-state index contributed by atoms with van der Waals surface area (Å²) < 4.78 is 1.26. The van der Waals surface area contributed by atoms with Gasteiger partial charge in [0.15, 0.2) is 0 Å². The number of hydrogen-bond acceptors (Lipinski definition) is 3. The van der Waals surface area contributed by atoms with Gasteiger partial charge in [0, 0.05) is 24.2 Å². The Bertz CT molecular complexity index is 627. The van der Waals surface area contributed by atoms with Crippen LogP contribution in [0.1, 0.15) is 12.0 Å². The second kappa shape index (κ2) is 4.79. The van der Waals surface area contributed by atoms with Crippen LogP contribution in [0.3, 0.4) is 0 Å². The molecular weight excluding hydrogens is 236 g/mol. The molecule has 0 aliphatic carbocycles. The number of aromatic nitrogens is 2. The van der Waals surface area contributed by atoms with Gasteiger partial charge in [-0.3, -0.25) is 14.7 Å². The summed E-state index contributed by atoms with van der Waals surface area (Å²) in [6.07, 6.45) is 1.57. The zero-order valence-electron chi connectivity index (χ0n) is 9.46. The zero-order chi connectivity index (χ0) is 13.1. The van der Waals surface area contributed by atoms with Crippen LogP contribution in [0, 0.1) is 0 Å². The molecule has 18 heavy (non-hydrogen) atoms. The van der Waals surface area contributed by atoms with E-state index < -0.39 is 5.97 Å². The third-order valence-corrected chi connectivity index (χ3v) is 2.54. The van der Waals surface area contributed by atoms with E-state index in [1.165, 1.54) is 23.0 Å². The van der Waals surface area contributed by atoms with E-state index in [1.54, 1.807) is 12.1 Å². The molecule has 1 aromatic heterocycles. The number of aliphatic carboxylic acids is 1. The molecule has 0 radical (unpaired) electrons. The highest BCUT2D eigenvalue weighted by atomic mass is 16.4. The van der Waals surface area contributed by atoms with Crippen LogP contribution in [0.2, 0.25) is 0 Å². The highest BCUT2D eigenvalue weighted by Crippen LogP contribution is 2.13. The van der Waals surface area contributed by atoms with E-state index in [4.69, 9.17) is 5.11 Å². The van der Waals surface area contributed by atoms with Crippen molar-refractivity contribution in [3.63, 3.8) is 0 Å². The Labute approximate surface area is 102 Å². The van der Waals surface area contributed by atoms with Crippen LogP contribution in [-0.4, -0.2) is 26.0 Å². The summed E-state index contributed by atoms with van der Waals surface area (Å²) in [4.78, 5) is 22.4. The summed E-state index contributed by atoms with van der Waals surface area (Å²) >= 11 is 0. The topological polar surface area (TPSA) is 95.3 Å². The predicted molar refractivity (Wildman–Crippen MR) is 64.0 cm³/mol. The van der Waals surface area contributed by atoms with Crippen LogP contribution >= 0.6 is 0 Å². The lowest BCUT2D eigenvalue weighted by atomic mass is 10.2. The van der Waals surface area contributed by atoms with Crippen molar-refractivity contribution < 1.29 is 15.0 Å². The van der Waals surface area contributed by atoms with Crippen molar-refractivity contribution in [2.24, 2.45) is 0 Å². The first kappa shape index (κ1) is 12.0. The van der Waals surface area contributed by atoms with Crippen molar-refractivity contribution in [3.05, 3.63) is 46.4 Å². The van der Waals surface area contributed by atoms with Gasteiger partial charge in [-0.25, -0.2) is 4.68 Å². The fraction of sp³-hybridized carbons (Fsp3) is 0.167. The molecule has 6 nitrogen and oxygen atoms in total. The lowest BCUT2D eigenvalue weighted by Gasteiger charge is -2.01. The van der Waals surface area contributed by atoms with E-state index in [2.05, 4.69) is 5.10 Å². The molecular formula is C12H12N2O4.